The minimum absolute atomic E-state index is 0.153. The molecule has 0 spiro atoms. The molecule has 0 aliphatic rings. The molecule has 0 saturated carbocycles. The standard InChI is InChI=1S/C22H10F12/c23-19(24,25)15-9-3-7-13(17(15)21(29,30)31)11-5-1-2-6-12(11)14-8-4-10-16(20(26,27)28)18(14)22(32,33)34/h1-10H. The normalized spacial score (nSPS) is 13.3. The van der Waals surface area contributed by atoms with Crippen LogP contribution in [0.15, 0.2) is 60.7 Å². The van der Waals surface area contributed by atoms with Crippen LogP contribution in [0, 0.1) is 0 Å². The Hall–Kier alpha value is -3.18. The lowest BCUT2D eigenvalue weighted by atomic mass is 9.86. The smallest absolute Gasteiger partial charge is 0.166 e. The van der Waals surface area contributed by atoms with Crippen LogP contribution in [0.2, 0.25) is 0 Å². The van der Waals surface area contributed by atoms with Crippen molar-refractivity contribution in [3.8, 4) is 22.3 Å². The Kier molecular flexibility index (Phi) is 6.17. The zero-order valence-electron chi connectivity index (χ0n) is 16.3. The van der Waals surface area contributed by atoms with Gasteiger partial charge in [-0.15, -0.1) is 0 Å². The van der Waals surface area contributed by atoms with Gasteiger partial charge in [0.25, 0.3) is 0 Å². The van der Waals surface area contributed by atoms with Crippen LogP contribution in [0.4, 0.5) is 52.7 Å². The zero-order valence-corrected chi connectivity index (χ0v) is 16.3. The monoisotopic (exact) mass is 502 g/mol. The van der Waals surface area contributed by atoms with Gasteiger partial charge < -0.3 is 0 Å². The second-order valence-electron chi connectivity index (χ2n) is 6.99. The van der Waals surface area contributed by atoms with Crippen LogP contribution in [0.25, 0.3) is 22.3 Å². The third kappa shape index (κ3) is 4.85. The summed E-state index contributed by atoms with van der Waals surface area (Å²) in [6, 6.07) is 6.47. The Balaban J connectivity index is 2.45. The number of rotatable bonds is 2. The second-order valence-corrected chi connectivity index (χ2v) is 6.99. The van der Waals surface area contributed by atoms with Crippen molar-refractivity contribution in [2.45, 2.75) is 24.7 Å². The number of hydrogen-bond acceptors (Lipinski definition) is 0. The molecule has 0 N–H and O–H groups in total. The van der Waals surface area contributed by atoms with E-state index >= 15 is 0 Å². The lowest BCUT2D eigenvalue weighted by Crippen LogP contribution is -2.19. The van der Waals surface area contributed by atoms with Gasteiger partial charge in [-0.3, -0.25) is 0 Å². The predicted octanol–water partition coefficient (Wildman–Crippen LogP) is 9.10. The molecule has 0 heterocycles. The molecule has 12 heteroatoms. The van der Waals surface area contributed by atoms with Gasteiger partial charge in [0.15, 0.2) is 0 Å². The van der Waals surface area contributed by atoms with Crippen LogP contribution >= 0.6 is 0 Å². The minimum atomic E-state index is -5.59. The molecule has 3 rings (SSSR count). The van der Waals surface area contributed by atoms with Crippen molar-refractivity contribution in [3.63, 3.8) is 0 Å². The maximum atomic E-state index is 13.7. The van der Waals surface area contributed by atoms with Gasteiger partial charge >= 0.3 is 24.7 Å². The molecule has 0 unspecified atom stereocenters. The molecule has 0 radical (unpaired) electrons. The molecule has 3 aromatic rings. The summed E-state index contributed by atoms with van der Waals surface area (Å²) in [7, 11) is 0. The predicted molar refractivity (Wildman–Crippen MR) is 97.3 cm³/mol. The molecule has 0 aliphatic heterocycles. The number of halogens is 12. The summed E-state index contributed by atoms with van der Waals surface area (Å²) in [6.45, 7) is 0. The van der Waals surface area contributed by atoms with E-state index in [0.29, 0.717) is 24.3 Å². The summed E-state index contributed by atoms with van der Waals surface area (Å²) in [5.41, 5.74) is -12.3. The van der Waals surface area contributed by atoms with Crippen molar-refractivity contribution in [2.24, 2.45) is 0 Å². The Morgan fingerprint density at radius 1 is 0.324 bits per heavy atom. The van der Waals surface area contributed by atoms with Crippen LogP contribution in [0.3, 0.4) is 0 Å². The van der Waals surface area contributed by atoms with Crippen molar-refractivity contribution in [2.75, 3.05) is 0 Å². The Bertz CT molecular complexity index is 1100. The van der Waals surface area contributed by atoms with Gasteiger partial charge in [-0.1, -0.05) is 48.5 Å². The molecule has 0 fully saturated rings. The average Bonchev–Trinajstić information content (AvgIpc) is 2.70. The third-order valence-electron chi connectivity index (χ3n) is 4.81. The van der Waals surface area contributed by atoms with Crippen LogP contribution in [-0.4, -0.2) is 0 Å². The van der Waals surface area contributed by atoms with Crippen LogP contribution in [-0.2, 0) is 24.7 Å². The lowest BCUT2D eigenvalue weighted by molar-refractivity contribution is -0.161. The second kappa shape index (κ2) is 8.24. The minimum Gasteiger partial charge on any atom is -0.166 e. The molecular formula is C22H10F12. The van der Waals surface area contributed by atoms with Crippen molar-refractivity contribution in [3.05, 3.63) is 82.9 Å². The highest BCUT2D eigenvalue weighted by Crippen LogP contribution is 2.50. The van der Waals surface area contributed by atoms with E-state index in [9.17, 15) is 52.7 Å². The fraction of sp³-hybridized carbons (Fsp3) is 0.182. The van der Waals surface area contributed by atoms with E-state index in [4.69, 9.17) is 0 Å². The van der Waals surface area contributed by atoms with E-state index < -0.39 is 69.2 Å². The van der Waals surface area contributed by atoms with Gasteiger partial charge in [-0.2, -0.15) is 52.7 Å². The van der Waals surface area contributed by atoms with Gasteiger partial charge in [0.05, 0.1) is 22.3 Å². The van der Waals surface area contributed by atoms with E-state index in [1.165, 1.54) is 0 Å². The summed E-state index contributed by atoms with van der Waals surface area (Å²) >= 11 is 0. The summed E-state index contributed by atoms with van der Waals surface area (Å²) < 4.78 is 162. The Labute approximate surface area is 183 Å². The SMILES string of the molecule is FC(F)(F)c1cccc(-c2ccccc2-c2cccc(C(F)(F)F)c2C(F)(F)F)c1C(F)(F)F. The Morgan fingerprint density at radius 2 is 0.618 bits per heavy atom. The number of benzene rings is 3. The highest BCUT2D eigenvalue weighted by molar-refractivity contribution is 5.87. The van der Waals surface area contributed by atoms with Crippen molar-refractivity contribution in [1.82, 2.24) is 0 Å². The molecule has 0 bridgehead atoms. The molecule has 34 heavy (non-hydrogen) atoms. The third-order valence-corrected chi connectivity index (χ3v) is 4.81. The van der Waals surface area contributed by atoms with Gasteiger partial charge in [0.2, 0.25) is 0 Å². The van der Waals surface area contributed by atoms with E-state index in [2.05, 4.69) is 0 Å². The van der Waals surface area contributed by atoms with E-state index in [0.717, 1.165) is 24.3 Å². The largest absolute Gasteiger partial charge is 0.417 e. The molecule has 3 aromatic carbocycles. The van der Waals surface area contributed by atoms with Crippen LogP contribution in [0.1, 0.15) is 22.3 Å². The first-order chi connectivity index (χ1) is 15.4. The van der Waals surface area contributed by atoms with Gasteiger partial charge in [0.1, 0.15) is 0 Å². The molecule has 182 valence electrons. The topological polar surface area (TPSA) is 0 Å². The fourth-order valence-corrected chi connectivity index (χ4v) is 3.59. The molecule has 0 aliphatic carbocycles. The first kappa shape index (κ1) is 25.4. The van der Waals surface area contributed by atoms with Crippen molar-refractivity contribution < 1.29 is 52.7 Å². The van der Waals surface area contributed by atoms with Crippen molar-refractivity contribution >= 4 is 0 Å². The van der Waals surface area contributed by atoms with Gasteiger partial charge in [0, 0.05) is 0 Å². The summed E-state index contributed by atoms with van der Waals surface area (Å²) in [5, 5.41) is 0. The highest BCUT2D eigenvalue weighted by Gasteiger charge is 2.47. The quantitative estimate of drug-likeness (QED) is 0.307. The molecule has 0 aromatic heterocycles. The first-order valence-corrected chi connectivity index (χ1v) is 9.08. The van der Waals surface area contributed by atoms with Crippen LogP contribution < -0.4 is 0 Å². The fourth-order valence-electron chi connectivity index (χ4n) is 3.59. The lowest BCUT2D eigenvalue weighted by Gasteiger charge is -2.23. The number of alkyl halides is 12. The van der Waals surface area contributed by atoms with E-state index in [-0.39, 0.29) is 12.1 Å². The molecule has 0 saturated heterocycles. The van der Waals surface area contributed by atoms with Gasteiger partial charge in [-0.05, 0) is 34.4 Å². The van der Waals surface area contributed by atoms with E-state index in [1.54, 1.807) is 0 Å². The maximum Gasteiger partial charge on any atom is 0.417 e. The molecule has 0 atom stereocenters. The zero-order chi connectivity index (χ0) is 25.7. The highest BCUT2D eigenvalue weighted by atomic mass is 19.4. The maximum absolute atomic E-state index is 13.7. The summed E-state index contributed by atoms with van der Waals surface area (Å²) in [4.78, 5) is 0. The molecule has 0 amide bonds. The number of hydrogen-bond donors (Lipinski definition) is 0. The summed E-state index contributed by atoms with van der Waals surface area (Å²) in [5.74, 6) is 0. The average molecular weight is 502 g/mol. The van der Waals surface area contributed by atoms with Gasteiger partial charge in [-0.25, -0.2) is 0 Å². The molecular weight excluding hydrogens is 492 g/mol. The first-order valence-electron chi connectivity index (χ1n) is 9.08. The Morgan fingerprint density at radius 3 is 0.882 bits per heavy atom. The molecule has 0 nitrogen and oxygen atoms in total. The van der Waals surface area contributed by atoms with E-state index in [1.807, 2.05) is 0 Å². The summed E-state index contributed by atoms with van der Waals surface area (Å²) in [6.07, 6.45) is -22.1. The van der Waals surface area contributed by atoms with Crippen molar-refractivity contribution in [1.29, 1.82) is 0 Å². The van der Waals surface area contributed by atoms with Crippen LogP contribution in [0.5, 0.6) is 0 Å².